The fraction of sp³-hybridized carbons (Fsp3) is 0.556. The quantitative estimate of drug-likeness (QED) is 0.0313. The number of H-pyrrole nitrogens is 2. The zero-order valence-electron chi connectivity index (χ0n) is 40.1. The largest absolute Gasteiger partial charge is 0.394 e. The smallest absolute Gasteiger partial charge is 0.386 e. The van der Waals surface area contributed by atoms with E-state index in [9.17, 15) is 43.1 Å². The number of rotatable bonds is 20. The van der Waals surface area contributed by atoms with Gasteiger partial charge in [0, 0.05) is 25.7 Å². The lowest BCUT2D eigenvalue weighted by atomic mass is 10.2. The minimum Gasteiger partial charge on any atom is -0.394 e. The Balaban J connectivity index is 0.809. The predicted octanol–water partition coefficient (Wildman–Crippen LogP) is -1.29. The van der Waals surface area contributed by atoms with Crippen LogP contribution in [-0.2, 0) is 59.8 Å². The average molecular weight is 1230 g/mol. The standard InChI is InChI=1S/C36H47N18O19P3S3/c37-31-43-11-53(35(59)49-31)23-3-15(72-74(61,77)64-6-18-13(56)1-21(68-18)51-9-41-25-27(51)45-33(39)47-29(25)57)20(70-23)8-66-76(63,79)73-16-4-24(54-12-44-32(38)50-36(54)60)69-19(16)7-65-75(62,78)71-14-2-22(67-17(14)5-55)52-10-42-26-28(52)46-34(40)48-30(26)58/h9-24,55-56H,1-8H2,(H,61,77)(H,62,78)(H,63,79)(H2,37,49,59)(H2,38,50,60)(H3,39,45,47,57)(H3,40,46,48,58)/t13?,14?,15?,16-,17-,18-,19-,20-,21-,22-,23-,24-,74?,75?,76?/m1/s1. The van der Waals surface area contributed by atoms with Crippen LogP contribution in [0.4, 0.5) is 23.8 Å². The third-order valence-corrected chi connectivity index (χ3v) is 17.5. The highest BCUT2D eigenvalue weighted by Crippen LogP contribution is 2.60. The van der Waals surface area contributed by atoms with Crippen molar-refractivity contribution in [3.05, 3.63) is 67.0 Å². The maximum Gasteiger partial charge on any atom is 0.386 e. The highest BCUT2D eigenvalue weighted by molar-refractivity contribution is 8.45. The van der Waals surface area contributed by atoms with Gasteiger partial charge < -0.3 is 52.1 Å². The molecular formula is C36H47N18O19P3S3. The maximum absolute atomic E-state index is 14.2. The second kappa shape index (κ2) is 22.6. The predicted molar refractivity (Wildman–Crippen MR) is 276 cm³/mol. The van der Waals surface area contributed by atoms with Gasteiger partial charge in [-0.1, -0.05) is 36.7 Å². The van der Waals surface area contributed by atoms with Gasteiger partial charge in [0.2, 0.25) is 23.8 Å². The second-order valence-electron chi connectivity index (χ2n) is 17.8. The Morgan fingerprint density at radius 3 is 1.32 bits per heavy atom. The van der Waals surface area contributed by atoms with Crippen LogP contribution in [0.25, 0.3) is 22.3 Å². The van der Waals surface area contributed by atoms with Crippen LogP contribution >= 0.6 is 57.1 Å². The summed E-state index contributed by atoms with van der Waals surface area (Å²) in [7, 11) is 0. The number of nitrogen functional groups attached to an aromatic ring is 4. The summed E-state index contributed by atoms with van der Waals surface area (Å²) in [5, 5.41) is 21.1. The van der Waals surface area contributed by atoms with Crippen LogP contribution in [0.15, 0.2) is 44.5 Å². The Morgan fingerprint density at radius 2 is 0.899 bits per heavy atom. The lowest BCUT2D eigenvalue weighted by Crippen LogP contribution is -2.31. The summed E-state index contributed by atoms with van der Waals surface area (Å²) in [5.41, 5.74) is 19.7. The molecule has 43 heteroatoms. The number of fused-ring (bicyclic) bond motifs is 2. The number of aromatic amines is 2. The van der Waals surface area contributed by atoms with Gasteiger partial charge in [-0.25, -0.2) is 43.2 Å². The normalized spacial score (nSPS) is 29.5. The Labute approximate surface area is 455 Å². The third kappa shape index (κ3) is 12.6. The van der Waals surface area contributed by atoms with Gasteiger partial charge in [-0.2, -0.15) is 19.9 Å². The molecule has 6 aromatic rings. The molecule has 0 aliphatic carbocycles. The zero-order valence-corrected chi connectivity index (χ0v) is 45.5. The highest BCUT2D eigenvalue weighted by atomic mass is 32.7. The first-order chi connectivity index (χ1) is 37.4. The van der Waals surface area contributed by atoms with Crippen molar-refractivity contribution in [3.8, 4) is 0 Å². The summed E-state index contributed by atoms with van der Waals surface area (Å²) in [6, 6.07) is 0. The van der Waals surface area contributed by atoms with Gasteiger partial charge in [0.05, 0.1) is 45.2 Å². The van der Waals surface area contributed by atoms with Gasteiger partial charge in [0.25, 0.3) is 11.1 Å². The van der Waals surface area contributed by atoms with E-state index in [4.69, 9.17) is 69.0 Å². The lowest BCUT2D eigenvalue weighted by Gasteiger charge is -2.26. The number of hydrogen-bond donors (Lipinski definition) is 11. The number of aliphatic hydroxyl groups excluding tert-OH is 2. The Kier molecular flexibility index (Phi) is 16.3. The third-order valence-electron chi connectivity index (χ3n) is 12.6. The fourth-order valence-electron chi connectivity index (χ4n) is 8.97. The lowest BCUT2D eigenvalue weighted by molar-refractivity contribution is -0.0531. The van der Waals surface area contributed by atoms with Gasteiger partial charge in [-0.05, 0) is 0 Å². The molecular weight excluding hydrogens is 1180 g/mol. The van der Waals surface area contributed by atoms with Crippen LogP contribution < -0.4 is 45.4 Å². The van der Waals surface area contributed by atoms with E-state index in [0.717, 1.165) is 21.8 Å². The van der Waals surface area contributed by atoms with Crippen molar-refractivity contribution < 1.29 is 70.0 Å². The average Bonchev–Trinajstić information content (AvgIpc) is 4.46. The molecule has 37 nitrogen and oxygen atoms in total. The molecule has 0 radical (unpaired) electrons. The summed E-state index contributed by atoms with van der Waals surface area (Å²) in [6.45, 7) is -16.1. The number of ether oxygens (including phenoxy) is 4. The molecule has 0 saturated carbocycles. The molecule has 6 aromatic heterocycles. The number of nitrogens with zero attached hydrogens (tertiary/aromatic N) is 12. The van der Waals surface area contributed by atoms with E-state index < -0.39 is 143 Å². The minimum absolute atomic E-state index is 0.0325. The monoisotopic (exact) mass is 1220 g/mol. The molecule has 6 unspecified atom stereocenters. The van der Waals surface area contributed by atoms with Crippen molar-refractivity contribution in [1.29, 1.82) is 0 Å². The molecule has 15 atom stereocenters. The van der Waals surface area contributed by atoms with Crippen LogP contribution in [0.2, 0.25) is 0 Å². The van der Waals surface area contributed by atoms with E-state index in [1.54, 1.807) is 0 Å². The molecule has 10 heterocycles. The summed E-state index contributed by atoms with van der Waals surface area (Å²) in [6.07, 6.45) is -10.4. The molecule has 0 aromatic carbocycles. The van der Waals surface area contributed by atoms with Crippen molar-refractivity contribution in [2.24, 2.45) is 0 Å². The number of aliphatic hydroxyl groups is 2. The molecule has 12 N–H and O–H groups in total. The van der Waals surface area contributed by atoms with Gasteiger partial charge in [-0.3, -0.25) is 65.0 Å². The molecule has 4 aliphatic heterocycles. The first kappa shape index (κ1) is 57.0. The number of nitrogens with one attached hydrogen (secondary N) is 2. The first-order valence-electron chi connectivity index (χ1n) is 23.2. The number of hydrogen-bond acceptors (Lipinski definition) is 31. The topological polar surface area (TPSA) is 511 Å². The van der Waals surface area contributed by atoms with Gasteiger partial charge in [0.1, 0.15) is 80.3 Å². The molecule has 4 aliphatic rings. The number of nitrogens with two attached hydrogens (primary N) is 4. The molecule has 0 bridgehead atoms. The summed E-state index contributed by atoms with van der Waals surface area (Å²) < 4.78 is 105. The Morgan fingerprint density at radius 1 is 0.544 bits per heavy atom. The SMILES string of the molecule is Nc1ncn([C@H]2CC(OP(=O)(S)OC[C@H]3O[C@@H](n4cnc5c(=O)[nH]c(N)nc54)CC3O)[C@@H](COP(=O)(S)O[C@@H]3C[C@H](n4cnc(N)nc4=O)O[C@@H]3COP(=O)(S)OC3C[C@H](n4cnc5c(=O)[nH]c(N)nc54)O[C@@H]3CO)O2)c(=O)n1. The molecule has 79 heavy (non-hydrogen) atoms. The summed E-state index contributed by atoms with van der Waals surface area (Å²) in [4.78, 5) is 86.4. The summed E-state index contributed by atoms with van der Waals surface area (Å²) in [5.74, 6) is -1.08. The van der Waals surface area contributed by atoms with Crippen LogP contribution in [0, 0.1) is 0 Å². The number of imidazole rings is 2. The first-order valence-corrected chi connectivity index (χ1v) is 31.2. The van der Waals surface area contributed by atoms with Crippen molar-refractivity contribution in [2.45, 2.75) is 99.4 Å². The Bertz CT molecular complexity index is 3670. The van der Waals surface area contributed by atoms with Crippen LogP contribution in [0.5, 0.6) is 0 Å². The molecule has 10 rings (SSSR count). The number of aromatic nitrogens is 14. The van der Waals surface area contributed by atoms with Crippen molar-refractivity contribution >= 4 is 103 Å². The van der Waals surface area contributed by atoms with Crippen LogP contribution in [0.1, 0.15) is 50.6 Å². The molecule has 0 spiro atoms. The molecule has 4 saturated heterocycles. The van der Waals surface area contributed by atoms with E-state index in [1.807, 2.05) is 0 Å². The van der Waals surface area contributed by atoms with Crippen molar-refractivity contribution in [3.63, 3.8) is 0 Å². The van der Waals surface area contributed by atoms with E-state index in [2.05, 4.69) is 86.6 Å². The molecule has 428 valence electrons. The zero-order chi connectivity index (χ0) is 56.3. The van der Waals surface area contributed by atoms with Gasteiger partial charge >= 0.3 is 31.8 Å². The molecule has 4 fully saturated rings. The number of anilines is 4. The number of thiol groups is 3. The van der Waals surface area contributed by atoms with Gasteiger partial charge in [-0.15, -0.1) is 0 Å². The minimum atomic E-state index is -4.62. The van der Waals surface area contributed by atoms with E-state index in [-0.39, 0.29) is 71.8 Å². The van der Waals surface area contributed by atoms with E-state index in [1.165, 1.54) is 21.8 Å². The summed E-state index contributed by atoms with van der Waals surface area (Å²) >= 11 is 12.5. The maximum atomic E-state index is 14.2. The highest BCUT2D eigenvalue weighted by Gasteiger charge is 2.48. The van der Waals surface area contributed by atoms with Crippen molar-refractivity contribution in [1.82, 2.24) is 68.1 Å². The fourth-order valence-corrected chi connectivity index (χ4v) is 13.5. The van der Waals surface area contributed by atoms with Crippen LogP contribution in [-0.4, -0.2) is 154 Å². The van der Waals surface area contributed by atoms with Crippen molar-refractivity contribution in [2.75, 3.05) is 49.4 Å². The van der Waals surface area contributed by atoms with E-state index >= 15 is 0 Å². The molecule has 0 amide bonds. The van der Waals surface area contributed by atoms with E-state index in [0.29, 0.717) is 0 Å². The second-order valence-corrected chi connectivity index (χ2v) is 26.4. The van der Waals surface area contributed by atoms with Gasteiger partial charge in [0.15, 0.2) is 22.3 Å². The van der Waals surface area contributed by atoms with Crippen LogP contribution in [0.3, 0.4) is 0 Å². The Hall–Kier alpha value is -5.22.